The average Bonchev–Trinajstić information content (AvgIpc) is 2.98. The summed E-state index contributed by atoms with van der Waals surface area (Å²) in [5.74, 6) is 6.45. The van der Waals surface area contributed by atoms with Crippen LogP contribution in [-0.4, -0.2) is 26.0 Å². The van der Waals surface area contributed by atoms with Crippen molar-refractivity contribution in [3.05, 3.63) is 58.6 Å². The van der Waals surface area contributed by atoms with E-state index in [2.05, 4.69) is 15.5 Å². The van der Waals surface area contributed by atoms with Gasteiger partial charge in [-0.2, -0.15) is 0 Å². The summed E-state index contributed by atoms with van der Waals surface area (Å²) in [6.07, 6.45) is 0. The Balaban J connectivity index is 1.73. The van der Waals surface area contributed by atoms with Crippen LogP contribution in [0.2, 0.25) is 5.02 Å². The molecule has 0 saturated carbocycles. The van der Waals surface area contributed by atoms with Crippen LogP contribution in [0.4, 0.5) is 5.69 Å². The number of nitrogens with one attached hydrogen (secondary N) is 1. The predicted molar refractivity (Wildman–Crippen MR) is 110 cm³/mol. The molecule has 0 spiro atoms. The van der Waals surface area contributed by atoms with Crippen molar-refractivity contribution in [2.24, 2.45) is 0 Å². The molecule has 0 aliphatic rings. The van der Waals surface area contributed by atoms with Gasteiger partial charge in [-0.3, -0.25) is 4.79 Å². The maximum absolute atomic E-state index is 12.5. The second-order valence-electron chi connectivity index (χ2n) is 6.22. The molecular weight excluding hydrogens is 382 g/mol. The highest BCUT2D eigenvalue weighted by Gasteiger charge is 2.21. The molecule has 6 nitrogen and oxygen atoms in total. The summed E-state index contributed by atoms with van der Waals surface area (Å²) in [7, 11) is 0. The minimum atomic E-state index is -0.406. The molecule has 0 bridgehead atoms. The van der Waals surface area contributed by atoms with Gasteiger partial charge in [-0.25, -0.2) is 4.68 Å². The van der Waals surface area contributed by atoms with Crippen LogP contribution in [-0.2, 0) is 4.79 Å². The first-order valence-electron chi connectivity index (χ1n) is 8.37. The van der Waals surface area contributed by atoms with Crippen LogP contribution in [0.15, 0.2) is 47.6 Å². The summed E-state index contributed by atoms with van der Waals surface area (Å²) in [6, 6.07) is 13.2. The number of nitrogens with two attached hydrogens (primary N) is 1. The van der Waals surface area contributed by atoms with Crippen molar-refractivity contribution in [3.8, 4) is 11.4 Å². The number of thioether (sulfide) groups is 1. The summed E-state index contributed by atoms with van der Waals surface area (Å²) in [5, 5.41) is 11.7. The third kappa shape index (κ3) is 4.26. The molecule has 2 aromatic carbocycles. The molecule has 140 valence electrons. The van der Waals surface area contributed by atoms with Gasteiger partial charge in [-0.05, 0) is 44.5 Å². The highest BCUT2D eigenvalue weighted by molar-refractivity contribution is 8.00. The zero-order chi connectivity index (χ0) is 19.6. The number of carbonyl (C=O) groups excluding carboxylic acids is 1. The van der Waals surface area contributed by atoms with E-state index in [1.165, 1.54) is 16.4 Å². The number of benzene rings is 2. The summed E-state index contributed by atoms with van der Waals surface area (Å²) >= 11 is 7.44. The van der Waals surface area contributed by atoms with E-state index >= 15 is 0 Å². The van der Waals surface area contributed by atoms with Crippen LogP contribution in [0.1, 0.15) is 18.1 Å². The molecule has 1 atom stereocenters. The topological polar surface area (TPSA) is 85.8 Å². The van der Waals surface area contributed by atoms with Gasteiger partial charge in [0.2, 0.25) is 11.1 Å². The molecule has 0 aliphatic heterocycles. The van der Waals surface area contributed by atoms with Gasteiger partial charge in [0, 0.05) is 11.3 Å². The first kappa shape index (κ1) is 19.3. The second-order valence-corrected chi connectivity index (χ2v) is 7.94. The summed E-state index contributed by atoms with van der Waals surface area (Å²) in [4.78, 5) is 12.5. The molecule has 0 unspecified atom stereocenters. The maximum Gasteiger partial charge on any atom is 0.237 e. The van der Waals surface area contributed by atoms with Crippen LogP contribution in [0, 0.1) is 13.8 Å². The minimum Gasteiger partial charge on any atom is -0.335 e. The van der Waals surface area contributed by atoms with E-state index in [1.54, 1.807) is 13.0 Å². The maximum atomic E-state index is 12.5. The van der Waals surface area contributed by atoms with E-state index in [0.29, 0.717) is 21.6 Å². The molecule has 3 N–H and O–H groups in total. The zero-order valence-corrected chi connectivity index (χ0v) is 16.8. The normalized spacial score (nSPS) is 12.0. The Hall–Kier alpha value is -2.51. The third-order valence-corrected chi connectivity index (χ3v) is 5.46. The van der Waals surface area contributed by atoms with Crippen molar-refractivity contribution in [1.82, 2.24) is 14.9 Å². The molecule has 8 heteroatoms. The molecule has 1 amide bonds. The van der Waals surface area contributed by atoms with Crippen molar-refractivity contribution < 1.29 is 4.79 Å². The van der Waals surface area contributed by atoms with Gasteiger partial charge in [0.25, 0.3) is 0 Å². The fraction of sp³-hybridized carbons (Fsp3) is 0.211. The first-order chi connectivity index (χ1) is 12.9. The lowest BCUT2D eigenvalue weighted by atomic mass is 10.1. The molecule has 0 fully saturated rings. The quantitative estimate of drug-likeness (QED) is 0.497. The van der Waals surface area contributed by atoms with Crippen LogP contribution < -0.4 is 11.2 Å². The van der Waals surface area contributed by atoms with Gasteiger partial charge in [-0.15, -0.1) is 10.2 Å². The lowest BCUT2D eigenvalue weighted by Crippen LogP contribution is -2.24. The Bertz CT molecular complexity index is 988. The second kappa shape index (κ2) is 8.02. The largest absolute Gasteiger partial charge is 0.335 e. The number of hydrogen-bond acceptors (Lipinski definition) is 5. The number of anilines is 1. The molecule has 0 radical (unpaired) electrons. The zero-order valence-electron chi connectivity index (χ0n) is 15.2. The molecule has 3 rings (SSSR count). The van der Waals surface area contributed by atoms with E-state index in [4.69, 9.17) is 17.4 Å². The van der Waals surface area contributed by atoms with Gasteiger partial charge in [0.1, 0.15) is 0 Å². The summed E-state index contributed by atoms with van der Waals surface area (Å²) < 4.78 is 1.35. The average molecular weight is 402 g/mol. The Morgan fingerprint density at radius 1 is 1.22 bits per heavy atom. The summed E-state index contributed by atoms with van der Waals surface area (Å²) in [5.41, 5.74) is 3.65. The van der Waals surface area contributed by atoms with Gasteiger partial charge in [-0.1, -0.05) is 53.2 Å². The van der Waals surface area contributed by atoms with Crippen molar-refractivity contribution in [1.29, 1.82) is 0 Å². The molecular formula is C19H20ClN5OS. The van der Waals surface area contributed by atoms with Crippen LogP contribution >= 0.6 is 23.4 Å². The van der Waals surface area contributed by atoms with E-state index in [9.17, 15) is 4.79 Å². The Morgan fingerprint density at radius 3 is 2.67 bits per heavy atom. The number of hydrogen-bond donors (Lipinski definition) is 2. The standard InChI is InChI=1S/C19H20ClN5OS/c1-11-8-9-16(12(2)10-11)22-18(26)13(3)27-19-24-23-17(25(19)21)14-6-4-5-7-15(14)20/h4-10,13H,21H2,1-3H3,(H,22,26)/t13-/m0/s1. The van der Waals surface area contributed by atoms with Crippen molar-refractivity contribution in [3.63, 3.8) is 0 Å². The molecule has 1 heterocycles. The number of halogens is 1. The monoisotopic (exact) mass is 401 g/mol. The van der Waals surface area contributed by atoms with Crippen molar-refractivity contribution >= 4 is 35.0 Å². The van der Waals surface area contributed by atoms with E-state index < -0.39 is 5.25 Å². The molecule has 1 aromatic heterocycles. The van der Waals surface area contributed by atoms with Gasteiger partial charge in [0.15, 0.2) is 5.82 Å². The number of aromatic nitrogens is 3. The number of amides is 1. The lowest BCUT2D eigenvalue weighted by Gasteiger charge is -2.13. The number of nitrogen functional groups attached to an aromatic ring is 1. The predicted octanol–water partition coefficient (Wildman–Crippen LogP) is 4.05. The fourth-order valence-corrected chi connectivity index (χ4v) is 3.57. The number of rotatable bonds is 5. The van der Waals surface area contributed by atoms with Crippen LogP contribution in [0.5, 0.6) is 0 Å². The number of nitrogens with zero attached hydrogens (tertiary/aromatic N) is 3. The Morgan fingerprint density at radius 2 is 1.96 bits per heavy atom. The third-order valence-electron chi connectivity index (χ3n) is 4.07. The smallest absolute Gasteiger partial charge is 0.237 e. The Kier molecular flexibility index (Phi) is 5.72. The van der Waals surface area contributed by atoms with Crippen molar-refractivity contribution in [2.75, 3.05) is 11.2 Å². The van der Waals surface area contributed by atoms with Gasteiger partial charge >= 0.3 is 0 Å². The highest BCUT2D eigenvalue weighted by atomic mass is 35.5. The van der Waals surface area contributed by atoms with E-state index in [1.807, 2.05) is 50.2 Å². The highest BCUT2D eigenvalue weighted by Crippen LogP contribution is 2.29. The van der Waals surface area contributed by atoms with Crippen LogP contribution in [0.3, 0.4) is 0 Å². The fourth-order valence-electron chi connectivity index (χ4n) is 2.58. The number of aryl methyl sites for hydroxylation is 2. The van der Waals surface area contributed by atoms with Crippen molar-refractivity contribution in [2.45, 2.75) is 31.2 Å². The van der Waals surface area contributed by atoms with E-state index in [-0.39, 0.29) is 5.91 Å². The molecule has 0 saturated heterocycles. The summed E-state index contributed by atoms with van der Waals surface area (Å²) in [6.45, 7) is 5.78. The SMILES string of the molecule is Cc1ccc(NC(=O)[C@H](C)Sc2nnc(-c3ccccc3Cl)n2N)c(C)c1. The molecule has 3 aromatic rings. The van der Waals surface area contributed by atoms with Gasteiger partial charge in [0.05, 0.1) is 10.3 Å². The number of carbonyl (C=O) groups is 1. The van der Waals surface area contributed by atoms with Crippen LogP contribution in [0.25, 0.3) is 11.4 Å². The molecule has 27 heavy (non-hydrogen) atoms. The molecule has 0 aliphatic carbocycles. The minimum absolute atomic E-state index is 0.130. The first-order valence-corrected chi connectivity index (χ1v) is 9.62. The Labute approximate surface area is 167 Å². The lowest BCUT2D eigenvalue weighted by molar-refractivity contribution is -0.115. The van der Waals surface area contributed by atoms with E-state index in [0.717, 1.165) is 16.8 Å². The van der Waals surface area contributed by atoms with Gasteiger partial charge < -0.3 is 11.2 Å².